The van der Waals surface area contributed by atoms with Gasteiger partial charge in [0.15, 0.2) is 0 Å². The number of hydrogen-bond acceptors (Lipinski definition) is 4. The molecule has 150 valence electrons. The largest absolute Gasteiger partial charge is 0.466 e. The molecule has 0 heterocycles. The van der Waals surface area contributed by atoms with Crippen molar-refractivity contribution >= 4 is 24.0 Å². The first-order valence-electron chi connectivity index (χ1n) is 9.22. The summed E-state index contributed by atoms with van der Waals surface area (Å²) in [6.45, 7) is 6.22. The standard InChI is InChI=1S/C21H30ClNO4/c1-6-8-18(26-4)13-23(14-24)15(3)20(21(25)27-5)19(7-2)16-9-11-17(22)12-10-16/h9-12,14,18-19H,6-8,13H2,1-5H3/b20-15+/t18?,19-/m1/s1. The molecule has 0 aliphatic heterocycles. The van der Waals surface area contributed by atoms with E-state index >= 15 is 0 Å². The van der Waals surface area contributed by atoms with E-state index in [4.69, 9.17) is 21.1 Å². The molecule has 0 aromatic heterocycles. The molecule has 0 aliphatic carbocycles. The summed E-state index contributed by atoms with van der Waals surface area (Å²) in [6, 6.07) is 7.38. The zero-order valence-electron chi connectivity index (χ0n) is 16.8. The summed E-state index contributed by atoms with van der Waals surface area (Å²) < 4.78 is 10.5. The highest BCUT2D eigenvalue weighted by molar-refractivity contribution is 6.30. The first-order valence-corrected chi connectivity index (χ1v) is 9.60. The smallest absolute Gasteiger partial charge is 0.336 e. The summed E-state index contributed by atoms with van der Waals surface area (Å²) in [5.74, 6) is -0.644. The molecular formula is C21H30ClNO4. The molecule has 0 aliphatic rings. The zero-order chi connectivity index (χ0) is 20.4. The molecule has 0 bridgehead atoms. The van der Waals surface area contributed by atoms with Crippen LogP contribution in [0.3, 0.4) is 0 Å². The van der Waals surface area contributed by atoms with E-state index in [0.717, 1.165) is 24.8 Å². The lowest BCUT2D eigenvalue weighted by Gasteiger charge is -2.28. The molecule has 27 heavy (non-hydrogen) atoms. The molecular weight excluding hydrogens is 366 g/mol. The summed E-state index contributed by atoms with van der Waals surface area (Å²) in [5, 5.41) is 0.631. The van der Waals surface area contributed by atoms with Crippen LogP contribution in [-0.2, 0) is 19.1 Å². The number of ether oxygens (including phenoxy) is 2. The van der Waals surface area contributed by atoms with Gasteiger partial charge in [-0.1, -0.05) is 44.0 Å². The van der Waals surface area contributed by atoms with E-state index in [9.17, 15) is 9.59 Å². The van der Waals surface area contributed by atoms with E-state index in [1.54, 1.807) is 26.2 Å². The van der Waals surface area contributed by atoms with Crippen LogP contribution < -0.4 is 0 Å². The predicted octanol–water partition coefficient (Wildman–Crippen LogP) is 4.55. The van der Waals surface area contributed by atoms with E-state index in [-0.39, 0.29) is 12.0 Å². The fraction of sp³-hybridized carbons (Fsp3) is 0.524. The third kappa shape index (κ3) is 6.36. The lowest BCUT2D eigenvalue weighted by atomic mass is 9.87. The van der Waals surface area contributed by atoms with E-state index in [0.29, 0.717) is 29.3 Å². The number of esters is 1. The number of methoxy groups -OCH3 is 2. The molecule has 2 atom stereocenters. The van der Waals surface area contributed by atoms with E-state index in [2.05, 4.69) is 6.92 Å². The molecule has 1 aromatic carbocycles. The summed E-state index contributed by atoms with van der Waals surface area (Å²) in [4.78, 5) is 25.9. The number of nitrogens with zero attached hydrogens (tertiary/aromatic N) is 1. The Balaban J connectivity index is 3.36. The normalized spacial score (nSPS) is 14.1. The second kappa shape index (κ2) is 11.8. The van der Waals surface area contributed by atoms with Crippen molar-refractivity contribution in [2.45, 2.75) is 52.1 Å². The Kier molecular flexibility index (Phi) is 10.1. The Morgan fingerprint density at radius 1 is 1.22 bits per heavy atom. The average molecular weight is 396 g/mol. The molecule has 6 heteroatoms. The fourth-order valence-electron chi connectivity index (χ4n) is 3.19. The second-order valence-corrected chi connectivity index (χ2v) is 6.84. The minimum Gasteiger partial charge on any atom is -0.466 e. The number of benzene rings is 1. The summed E-state index contributed by atoms with van der Waals surface area (Å²) in [5.41, 5.74) is 2.00. The van der Waals surface area contributed by atoms with Gasteiger partial charge in [0.05, 0.1) is 25.3 Å². The number of allylic oxidation sites excluding steroid dienone is 1. The molecule has 0 saturated heterocycles. The van der Waals surface area contributed by atoms with Crippen LogP contribution in [0.4, 0.5) is 0 Å². The number of hydrogen-bond donors (Lipinski definition) is 0. The lowest BCUT2D eigenvalue weighted by molar-refractivity contribution is -0.136. The Hall–Kier alpha value is -1.85. The summed E-state index contributed by atoms with van der Waals surface area (Å²) >= 11 is 6.00. The van der Waals surface area contributed by atoms with Crippen LogP contribution in [0.25, 0.3) is 0 Å². The van der Waals surface area contributed by atoms with Crippen molar-refractivity contribution < 1.29 is 19.1 Å². The van der Waals surface area contributed by atoms with Gasteiger partial charge in [0, 0.05) is 23.7 Å². The van der Waals surface area contributed by atoms with E-state index in [1.165, 1.54) is 12.0 Å². The molecule has 1 unspecified atom stereocenters. The SMILES string of the molecule is CCCC(CN(C=O)/C(C)=C(/C(=O)OC)[C@H](CC)c1ccc(Cl)cc1)OC. The Bertz CT molecular complexity index is 642. The molecule has 1 aromatic rings. The Labute approximate surface area is 167 Å². The van der Waals surface area contributed by atoms with Crippen LogP contribution in [0.1, 0.15) is 51.5 Å². The number of carbonyl (C=O) groups excluding carboxylic acids is 2. The number of carbonyl (C=O) groups is 2. The van der Waals surface area contributed by atoms with Crippen molar-refractivity contribution in [3.05, 3.63) is 46.1 Å². The highest BCUT2D eigenvalue weighted by atomic mass is 35.5. The number of halogens is 1. The minimum absolute atomic E-state index is 0.0929. The van der Waals surface area contributed by atoms with Gasteiger partial charge in [0.2, 0.25) is 6.41 Å². The zero-order valence-corrected chi connectivity index (χ0v) is 17.6. The van der Waals surface area contributed by atoms with Crippen molar-refractivity contribution in [3.63, 3.8) is 0 Å². The molecule has 0 spiro atoms. The molecule has 1 amide bonds. The van der Waals surface area contributed by atoms with Crippen molar-refractivity contribution in [2.75, 3.05) is 20.8 Å². The lowest BCUT2D eigenvalue weighted by Crippen LogP contribution is -2.33. The van der Waals surface area contributed by atoms with Crippen LogP contribution in [0.15, 0.2) is 35.5 Å². The van der Waals surface area contributed by atoms with Gasteiger partial charge in [0.1, 0.15) is 0 Å². The van der Waals surface area contributed by atoms with Crippen molar-refractivity contribution in [3.8, 4) is 0 Å². The van der Waals surface area contributed by atoms with Gasteiger partial charge in [-0.05, 0) is 37.5 Å². The molecule has 0 N–H and O–H groups in total. The number of amides is 1. The van der Waals surface area contributed by atoms with Gasteiger partial charge in [0.25, 0.3) is 0 Å². The first-order chi connectivity index (χ1) is 12.9. The molecule has 0 saturated carbocycles. The quantitative estimate of drug-likeness (QED) is 0.313. The monoisotopic (exact) mass is 395 g/mol. The van der Waals surface area contributed by atoms with E-state index < -0.39 is 5.97 Å². The number of rotatable bonds is 11. The molecule has 5 nitrogen and oxygen atoms in total. The molecule has 0 radical (unpaired) electrons. The Morgan fingerprint density at radius 3 is 2.30 bits per heavy atom. The van der Waals surface area contributed by atoms with Gasteiger partial charge in [-0.15, -0.1) is 0 Å². The maximum Gasteiger partial charge on any atom is 0.336 e. The summed E-state index contributed by atoms with van der Waals surface area (Å²) in [7, 11) is 2.98. The van der Waals surface area contributed by atoms with Crippen LogP contribution in [0.5, 0.6) is 0 Å². The fourth-order valence-corrected chi connectivity index (χ4v) is 3.32. The van der Waals surface area contributed by atoms with Gasteiger partial charge in [-0.2, -0.15) is 0 Å². The van der Waals surface area contributed by atoms with Crippen LogP contribution in [0, 0.1) is 0 Å². The second-order valence-electron chi connectivity index (χ2n) is 6.41. The third-order valence-corrected chi connectivity index (χ3v) is 4.98. The maximum atomic E-state index is 12.6. The van der Waals surface area contributed by atoms with Gasteiger partial charge in [-0.3, -0.25) is 4.79 Å². The Morgan fingerprint density at radius 2 is 1.85 bits per heavy atom. The molecule has 0 fully saturated rings. The van der Waals surface area contributed by atoms with Gasteiger partial charge >= 0.3 is 5.97 Å². The first kappa shape index (κ1) is 23.2. The maximum absolute atomic E-state index is 12.6. The van der Waals surface area contributed by atoms with Crippen molar-refractivity contribution in [1.82, 2.24) is 4.90 Å². The van der Waals surface area contributed by atoms with Crippen LogP contribution in [-0.4, -0.2) is 44.1 Å². The van der Waals surface area contributed by atoms with Crippen LogP contribution >= 0.6 is 11.6 Å². The summed E-state index contributed by atoms with van der Waals surface area (Å²) in [6.07, 6.45) is 3.11. The topological polar surface area (TPSA) is 55.8 Å². The highest BCUT2D eigenvalue weighted by Gasteiger charge is 2.27. The van der Waals surface area contributed by atoms with Gasteiger partial charge < -0.3 is 14.4 Å². The predicted molar refractivity (Wildman–Crippen MR) is 108 cm³/mol. The minimum atomic E-state index is -0.439. The van der Waals surface area contributed by atoms with Crippen LogP contribution in [0.2, 0.25) is 5.02 Å². The van der Waals surface area contributed by atoms with Crippen molar-refractivity contribution in [1.29, 1.82) is 0 Å². The third-order valence-electron chi connectivity index (χ3n) is 4.73. The average Bonchev–Trinajstić information content (AvgIpc) is 2.69. The van der Waals surface area contributed by atoms with Gasteiger partial charge in [-0.25, -0.2) is 4.79 Å². The highest BCUT2D eigenvalue weighted by Crippen LogP contribution is 2.32. The van der Waals surface area contributed by atoms with Crippen molar-refractivity contribution in [2.24, 2.45) is 0 Å². The molecule has 1 rings (SSSR count). The van der Waals surface area contributed by atoms with E-state index in [1.807, 2.05) is 19.1 Å².